The van der Waals surface area contributed by atoms with Gasteiger partial charge >= 0.3 is 0 Å². The number of ether oxygens (including phenoxy) is 1. The van der Waals surface area contributed by atoms with Crippen molar-refractivity contribution in [1.29, 1.82) is 0 Å². The van der Waals surface area contributed by atoms with Gasteiger partial charge in [0, 0.05) is 11.6 Å². The molecule has 0 aromatic heterocycles. The molecule has 0 atom stereocenters. The fourth-order valence-electron chi connectivity index (χ4n) is 1.54. The van der Waals surface area contributed by atoms with E-state index in [1.807, 2.05) is 0 Å². The highest BCUT2D eigenvalue weighted by Crippen LogP contribution is 2.35. The van der Waals surface area contributed by atoms with Crippen molar-refractivity contribution in [3.8, 4) is 11.5 Å². The van der Waals surface area contributed by atoms with Crippen LogP contribution in [0.15, 0.2) is 30.3 Å². The lowest BCUT2D eigenvalue weighted by molar-refractivity contribution is -0.384. The Morgan fingerprint density at radius 1 is 1.19 bits per heavy atom. The maximum Gasteiger partial charge on any atom is 0.273 e. The lowest BCUT2D eigenvalue weighted by Gasteiger charge is -2.09. The molecule has 0 radical (unpaired) electrons. The number of nitrogens with zero attached hydrogens (tertiary/aromatic N) is 1. The summed E-state index contributed by atoms with van der Waals surface area (Å²) in [6.45, 7) is 0. The molecule has 0 saturated heterocycles. The van der Waals surface area contributed by atoms with Crippen LogP contribution in [0.3, 0.4) is 0 Å². The first kappa shape index (κ1) is 14.9. The average Bonchev–Trinajstić information content (AvgIpc) is 2.44. The van der Waals surface area contributed by atoms with Gasteiger partial charge in [0.2, 0.25) is 0 Å². The smallest absolute Gasteiger partial charge is 0.273 e. The van der Waals surface area contributed by atoms with Gasteiger partial charge in [-0.15, -0.1) is 0 Å². The van der Waals surface area contributed by atoms with Crippen LogP contribution in [0.2, 0.25) is 5.02 Å². The standard InChI is InChI=1S/C13H6ClF2NO4/c14-9-2-1-8(17(19)20)5-12(9)21-13-10(15)3-7(6-18)4-11(13)16/h1-6H. The van der Waals surface area contributed by atoms with Crippen molar-refractivity contribution in [2.24, 2.45) is 0 Å². The van der Waals surface area contributed by atoms with E-state index in [9.17, 15) is 23.7 Å². The zero-order valence-corrected chi connectivity index (χ0v) is 10.9. The summed E-state index contributed by atoms with van der Waals surface area (Å²) >= 11 is 5.77. The molecule has 0 spiro atoms. The SMILES string of the molecule is O=Cc1cc(F)c(Oc2cc([N+](=O)[O-])ccc2Cl)c(F)c1. The highest BCUT2D eigenvalue weighted by molar-refractivity contribution is 6.32. The molecule has 0 heterocycles. The van der Waals surface area contributed by atoms with E-state index in [0.717, 1.165) is 24.3 Å². The largest absolute Gasteiger partial charge is 0.449 e. The van der Waals surface area contributed by atoms with Gasteiger partial charge in [0.1, 0.15) is 6.29 Å². The van der Waals surface area contributed by atoms with Crippen molar-refractivity contribution in [2.45, 2.75) is 0 Å². The molecule has 108 valence electrons. The Labute approximate surface area is 121 Å². The van der Waals surface area contributed by atoms with Crippen LogP contribution >= 0.6 is 11.6 Å². The third kappa shape index (κ3) is 3.14. The van der Waals surface area contributed by atoms with Gasteiger partial charge in [-0.2, -0.15) is 0 Å². The normalized spacial score (nSPS) is 10.2. The number of carbonyl (C=O) groups excluding carboxylic acids is 1. The topological polar surface area (TPSA) is 69.4 Å². The van der Waals surface area contributed by atoms with E-state index in [2.05, 4.69) is 0 Å². The Bertz CT molecular complexity index is 713. The van der Waals surface area contributed by atoms with Crippen LogP contribution in [-0.2, 0) is 0 Å². The summed E-state index contributed by atoms with van der Waals surface area (Å²) in [7, 11) is 0. The number of non-ortho nitro benzene ring substituents is 1. The number of hydrogen-bond acceptors (Lipinski definition) is 4. The highest BCUT2D eigenvalue weighted by atomic mass is 35.5. The molecule has 0 N–H and O–H groups in total. The molecule has 8 heteroatoms. The van der Waals surface area contributed by atoms with Crippen LogP contribution in [0.5, 0.6) is 11.5 Å². The molecule has 0 amide bonds. The van der Waals surface area contributed by atoms with Gasteiger partial charge < -0.3 is 4.74 Å². The Kier molecular flexibility index (Phi) is 4.13. The second kappa shape index (κ2) is 5.84. The molecule has 5 nitrogen and oxygen atoms in total. The molecular formula is C13H6ClF2NO4. The number of rotatable bonds is 4. The molecule has 2 rings (SSSR count). The van der Waals surface area contributed by atoms with Crippen molar-refractivity contribution in [1.82, 2.24) is 0 Å². The minimum Gasteiger partial charge on any atom is -0.449 e. The molecule has 0 saturated carbocycles. The Morgan fingerprint density at radius 2 is 1.81 bits per heavy atom. The quantitative estimate of drug-likeness (QED) is 0.483. The molecule has 2 aromatic rings. The number of nitro groups is 1. The van der Waals surface area contributed by atoms with Gasteiger partial charge in [-0.3, -0.25) is 14.9 Å². The van der Waals surface area contributed by atoms with Gasteiger partial charge in [-0.25, -0.2) is 8.78 Å². The van der Waals surface area contributed by atoms with Crippen molar-refractivity contribution < 1.29 is 23.2 Å². The summed E-state index contributed by atoms with van der Waals surface area (Å²) in [6.07, 6.45) is 0.274. The number of hydrogen-bond donors (Lipinski definition) is 0. The van der Waals surface area contributed by atoms with E-state index in [4.69, 9.17) is 16.3 Å². The fourth-order valence-corrected chi connectivity index (χ4v) is 1.69. The van der Waals surface area contributed by atoms with Crippen molar-refractivity contribution in [3.05, 3.63) is 62.7 Å². The minimum atomic E-state index is -1.13. The lowest BCUT2D eigenvalue weighted by atomic mass is 10.2. The Hall–Kier alpha value is -2.54. The second-order valence-electron chi connectivity index (χ2n) is 3.91. The van der Waals surface area contributed by atoms with Gasteiger partial charge in [0.25, 0.3) is 5.69 Å². The molecule has 0 bridgehead atoms. The first-order valence-corrected chi connectivity index (χ1v) is 5.86. The number of benzene rings is 2. The molecule has 21 heavy (non-hydrogen) atoms. The Balaban J connectivity index is 2.45. The lowest BCUT2D eigenvalue weighted by Crippen LogP contribution is -1.96. The summed E-state index contributed by atoms with van der Waals surface area (Å²) in [5.41, 5.74) is -0.554. The first-order valence-electron chi connectivity index (χ1n) is 5.48. The molecular weight excluding hydrogens is 308 g/mol. The third-order valence-corrected chi connectivity index (χ3v) is 2.81. The van der Waals surface area contributed by atoms with Crippen molar-refractivity contribution in [2.75, 3.05) is 0 Å². The van der Waals surface area contributed by atoms with Crippen LogP contribution in [0.4, 0.5) is 14.5 Å². The summed E-state index contributed by atoms with van der Waals surface area (Å²) in [5, 5.41) is 10.6. The summed E-state index contributed by atoms with van der Waals surface area (Å²) in [6, 6.07) is 4.78. The molecule has 0 aliphatic carbocycles. The van der Waals surface area contributed by atoms with E-state index < -0.39 is 22.3 Å². The van der Waals surface area contributed by atoms with E-state index in [-0.39, 0.29) is 28.3 Å². The fraction of sp³-hybridized carbons (Fsp3) is 0. The van der Waals surface area contributed by atoms with Crippen LogP contribution < -0.4 is 4.74 Å². The number of aldehydes is 1. The third-order valence-electron chi connectivity index (χ3n) is 2.49. The Morgan fingerprint density at radius 3 is 2.33 bits per heavy atom. The van der Waals surface area contributed by atoms with Crippen molar-refractivity contribution >= 4 is 23.6 Å². The number of halogens is 3. The van der Waals surface area contributed by atoms with Gasteiger partial charge in [0.05, 0.1) is 16.0 Å². The first-order chi connectivity index (χ1) is 9.92. The van der Waals surface area contributed by atoms with Crippen LogP contribution in [-0.4, -0.2) is 11.2 Å². The predicted molar refractivity (Wildman–Crippen MR) is 69.9 cm³/mol. The van der Waals surface area contributed by atoms with Crippen LogP contribution in [0.1, 0.15) is 10.4 Å². The maximum absolute atomic E-state index is 13.7. The van der Waals surface area contributed by atoms with E-state index >= 15 is 0 Å². The highest BCUT2D eigenvalue weighted by Gasteiger charge is 2.17. The number of carbonyl (C=O) groups is 1. The van der Waals surface area contributed by atoms with Crippen molar-refractivity contribution in [3.63, 3.8) is 0 Å². The zero-order valence-electron chi connectivity index (χ0n) is 10.2. The van der Waals surface area contributed by atoms with E-state index in [0.29, 0.717) is 0 Å². The molecule has 0 aliphatic rings. The molecule has 0 fully saturated rings. The zero-order chi connectivity index (χ0) is 15.6. The minimum absolute atomic E-state index is 0.0566. The molecule has 2 aromatic carbocycles. The predicted octanol–water partition coefficient (Wildman–Crippen LogP) is 4.13. The summed E-state index contributed by atoms with van der Waals surface area (Å²) < 4.78 is 32.3. The maximum atomic E-state index is 13.7. The van der Waals surface area contributed by atoms with Gasteiger partial charge in [-0.1, -0.05) is 11.6 Å². The average molecular weight is 314 g/mol. The summed E-state index contributed by atoms with van der Waals surface area (Å²) in [5.74, 6) is -3.33. The van der Waals surface area contributed by atoms with Gasteiger partial charge in [-0.05, 0) is 18.2 Å². The van der Waals surface area contributed by atoms with Crippen LogP contribution in [0, 0.1) is 21.7 Å². The summed E-state index contributed by atoms with van der Waals surface area (Å²) in [4.78, 5) is 20.4. The number of nitro benzene ring substituents is 1. The van der Waals surface area contributed by atoms with Gasteiger partial charge in [0.15, 0.2) is 23.1 Å². The molecule has 0 aliphatic heterocycles. The molecule has 0 unspecified atom stereocenters. The monoisotopic (exact) mass is 313 g/mol. The second-order valence-corrected chi connectivity index (χ2v) is 4.31. The van der Waals surface area contributed by atoms with E-state index in [1.165, 1.54) is 6.07 Å². The van der Waals surface area contributed by atoms with Crippen LogP contribution in [0.25, 0.3) is 0 Å². The van der Waals surface area contributed by atoms with E-state index in [1.54, 1.807) is 0 Å².